The van der Waals surface area contributed by atoms with Crippen LogP contribution < -0.4 is 0 Å². The van der Waals surface area contributed by atoms with Crippen LogP contribution in [0.5, 0.6) is 5.75 Å². The van der Waals surface area contributed by atoms with Gasteiger partial charge in [-0.15, -0.1) is 0 Å². The Bertz CT molecular complexity index is 598. The van der Waals surface area contributed by atoms with Crippen molar-refractivity contribution in [1.29, 1.82) is 0 Å². The SMILES string of the molecule is Cc1c(O)cccc1/N=C1/C(O)=CC=C/C1=N\O. The van der Waals surface area contributed by atoms with E-state index in [1.807, 2.05) is 0 Å². The smallest absolute Gasteiger partial charge is 0.143 e. The average molecular weight is 244 g/mol. The molecule has 0 amide bonds. The quantitative estimate of drug-likeness (QED) is 0.403. The van der Waals surface area contributed by atoms with Crippen LogP contribution in [0.25, 0.3) is 0 Å². The summed E-state index contributed by atoms with van der Waals surface area (Å²) >= 11 is 0. The number of aliphatic hydroxyl groups is 1. The molecule has 0 atom stereocenters. The Morgan fingerprint density at radius 1 is 1.17 bits per heavy atom. The first-order chi connectivity index (χ1) is 8.63. The molecular weight excluding hydrogens is 232 g/mol. The van der Waals surface area contributed by atoms with Gasteiger partial charge in [-0.3, -0.25) is 0 Å². The van der Waals surface area contributed by atoms with Crippen LogP contribution in [-0.4, -0.2) is 26.8 Å². The number of rotatable bonds is 1. The van der Waals surface area contributed by atoms with Crippen LogP contribution in [0.4, 0.5) is 5.69 Å². The Morgan fingerprint density at radius 3 is 2.67 bits per heavy atom. The third-order valence-electron chi connectivity index (χ3n) is 2.61. The van der Waals surface area contributed by atoms with Crippen molar-refractivity contribution in [2.75, 3.05) is 0 Å². The first kappa shape index (κ1) is 11.9. The van der Waals surface area contributed by atoms with Gasteiger partial charge in [-0.1, -0.05) is 17.3 Å². The molecule has 0 spiro atoms. The van der Waals surface area contributed by atoms with E-state index in [-0.39, 0.29) is 22.9 Å². The van der Waals surface area contributed by atoms with E-state index in [0.717, 1.165) is 0 Å². The summed E-state index contributed by atoms with van der Waals surface area (Å²) in [6.45, 7) is 1.71. The molecule has 0 saturated heterocycles. The van der Waals surface area contributed by atoms with E-state index in [0.29, 0.717) is 11.3 Å². The lowest BCUT2D eigenvalue weighted by atomic mass is 10.1. The zero-order valence-electron chi connectivity index (χ0n) is 9.70. The van der Waals surface area contributed by atoms with Crippen molar-refractivity contribution < 1.29 is 15.4 Å². The summed E-state index contributed by atoms with van der Waals surface area (Å²) in [7, 11) is 0. The van der Waals surface area contributed by atoms with Crippen molar-refractivity contribution in [2.45, 2.75) is 6.92 Å². The molecule has 3 N–H and O–H groups in total. The third kappa shape index (κ3) is 2.10. The maximum absolute atomic E-state index is 9.72. The second-order valence-corrected chi connectivity index (χ2v) is 3.78. The molecule has 1 aliphatic rings. The fourth-order valence-electron chi connectivity index (χ4n) is 1.57. The van der Waals surface area contributed by atoms with Crippen LogP contribution in [0, 0.1) is 6.92 Å². The molecule has 1 aromatic rings. The van der Waals surface area contributed by atoms with Gasteiger partial charge in [-0.2, -0.15) is 0 Å². The van der Waals surface area contributed by atoms with Crippen molar-refractivity contribution in [3.05, 3.63) is 47.7 Å². The van der Waals surface area contributed by atoms with Crippen LogP contribution in [0.1, 0.15) is 5.56 Å². The Morgan fingerprint density at radius 2 is 1.94 bits per heavy atom. The van der Waals surface area contributed by atoms with Crippen LogP contribution in [0.2, 0.25) is 0 Å². The molecule has 0 aromatic heterocycles. The number of nitrogens with zero attached hydrogens (tertiary/aromatic N) is 2. The lowest BCUT2D eigenvalue weighted by Gasteiger charge is -2.09. The Hall–Kier alpha value is -2.56. The topological polar surface area (TPSA) is 85.4 Å². The number of phenols is 1. The molecular formula is C13H12N2O3. The Kier molecular flexibility index (Phi) is 3.14. The first-order valence-corrected chi connectivity index (χ1v) is 5.31. The summed E-state index contributed by atoms with van der Waals surface area (Å²) in [6.07, 6.45) is 4.53. The Balaban J connectivity index is 2.53. The molecule has 1 aliphatic carbocycles. The van der Waals surface area contributed by atoms with Gasteiger partial charge in [0.25, 0.3) is 0 Å². The number of hydrogen-bond donors (Lipinski definition) is 3. The van der Waals surface area contributed by atoms with Gasteiger partial charge in [0.05, 0.1) is 5.69 Å². The molecule has 0 fully saturated rings. The van der Waals surface area contributed by atoms with Gasteiger partial charge >= 0.3 is 0 Å². The highest BCUT2D eigenvalue weighted by Crippen LogP contribution is 2.27. The zero-order chi connectivity index (χ0) is 13.1. The molecule has 2 rings (SSSR count). The number of aliphatic imine (C=N–C) groups is 1. The minimum Gasteiger partial charge on any atom is -0.508 e. The minimum atomic E-state index is -0.0898. The van der Waals surface area contributed by atoms with E-state index in [1.165, 1.54) is 12.2 Å². The third-order valence-corrected chi connectivity index (χ3v) is 2.61. The van der Waals surface area contributed by atoms with Gasteiger partial charge < -0.3 is 15.4 Å². The van der Waals surface area contributed by atoms with Crippen molar-refractivity contribution in [3.63, 3.8) is 0 Å². The summed E-state index contributed by atoms with van der Waals surface area (Å²) in [5.74, 6) is 0.0298. The fourth-order valence-corrected chi connectivity index (χ4v) is 1.57. The highest BCUT2D eigenvalue weighted by Gasteiger charge is 2.16. The molecule has 18 heavy (non-hydrogen) atoms. The van der Waals surface area contributed by atoms with Gasteiger partial charge in [0.2, 0.25) is 0 Å². The number of aliphatic hydroxyl groups excluding tert-OH is 1. The maximum atomic E-state index is 9.72. The van der Waals surface area contributed by atoms with Gasteiger partial charge in [-0.25, -0.2) is 4.99 Å². The number of aromatic hydroxyl groups is 1. The van der Waals surface area contributed by atoms with E-state index < -0.39 is 0 Å². The summed E-state index contributed by atoms with van der Waals surface area (Å²) in [4.78, 5) is 4.21. The van der Waals surface area contributed by atoms with Crippen LogP contribution in [-0.2, 0) is 0 Å². The van der Waals surface area contributed by atoms with Gasteiger partial charge in [0.1, 0.15) is 22.9 Å². The van der Waals surface area contributed by atoms with Crippen molar-refractivity contribution in [2.24, 2.45) is 10.1 Å². The van der Waals surface area contributed by atoms with Gasteiger partial charge in [-0.05, 0) is 31.2 Å². The van der Waals surface area contributed by atoms with E-state index in [9.17, 15) is 10.2 Å². The molecule has 0 radical (unpaired) electrons. The van der Waals surface area contributed by atoms with Gasteiger partial charge in [0.15, 0.2) is 0 Å². The monoisotopic (exact) mass is 244 g/mol. The van der Waals surface area contributed by atoms with Crippen molar-refractivity contribution in [1.82, 2.24) is 0 Å². The zero-order valence-corrected chi connectivity index (χ0v) is 9.70. The maximum Gasteiger partial charge on any atom is 0.143 e. The van der Waals surface area contributed by atoms with Crippen LogP contribution in [0.15, 0.2) is 52.3 Å². The first-order valence-electron chi connectivity index (χ1n) is 5.31. The Labute approximate surface area is 104 Å². The van der Waals surface area contributed by atoms with E-state index >= 15 is 0 Å². The largest absolute Gasteiger partial charge is 0.508 e. The molecule has 0 bridgehead atoms. The van der Waals surface area contributed by atoms with E-state index in [4.69, 9.17) is 5.21 Å². The number of hydrogen-bond acceptors (Lipinski definition) is 5. The highest BCUT2D eigenvalue weighted by atomic mass is 16.4. The second-order valence-electron chi connectivity index (χ2n) is 3.78. The normalized spacial score (nSPS) is 19.3. The number of benzene rings is 1. The number of phenolic OH excluding ortho intramolecular Hbond substituents is 1. The molecule has 0 heterocycles. The summed E-state index contributed by atoms with van der Waals surface area (Å²) in [5.41, 5.74) is 1.41. The molecule has 0 unspecified atom stereocenters. The molecule has 1 aromatic carbocycles. The van der Waals surface area contributed by atoms with Crippen molar-refractivity contribution >= 4 is 17.1 Å². The molecule has 5 heteroatoms. The van der Waals surface area contributed by atoms with E-state index in [1.54, 1.807) is 31.2 Å². The average Bonchev–Trinajstić information content (AvgIpc) is 2.37. The minimum absolute atomic E-state index is 0.0898. The molecule has 0 saturated carbocycles. The predicted octanol–water partition coefficient (Wildman–Crippen LogP) is 2.62. The predicted molar refractivity (Wildman–Crippen MR) is 69.0 cm³/mol. The van der Waals surface area contributed by atoms with E-state index in [2.05, 4.69) is 10.1 Å². The van der Waals surface area contributed by atoms with Crippen LogP contribution in [0.3, 0.4) is 0 Å². The summed E-state index contributed by atoms with van der Waals surface area (Å²) < 4.78 is 0. The fraction of sp³-hybridized carbons (Fsp3) is 0.0769. The molecule has 92 valence electrons. The van der Waals surface area contributed by atoms with Crippen LogP contribution >= 0.6 is 0 Å². The summed E-state index contributed by atoms with van der Waals surface area (Å²) in [6, 6.07) is 4.90. The lowest BCUT2D eigenvalue weighted by Crippen LogP contribution is -2.17. The standard InChI is InChI=1S/C13H12N2O3/c1-8-9(4-2-6-11(8)16)14-13-10(15-18)5-3-7-12(13)17/h2-7,16-18H,1H3/b14-13+,15-10+. The highest BCUT2D eigenvalue weighted by molar-refractivity contribution is 6.52. The number of oxime groups is 1. The molecule has 0 aliphatic heterocycles. The number of allylic oxidation sites excluding steroid dienone is 4. The second kappa shape index (κ2) is 4.75. The molecule has 5 nitrogen and oxygen atoms in total. The summed E-state index contributed by atoms with van der Waals surface area (Å²) in [5, 5.41) is 31.2. The van der Waals surface area contributed by atoms with Crippen molar-refractivity contribution in [3.8, 4) is 5.75 Å². The van der Waals surface area contributed by atoms with Gasteiger partial charge in [0, 0.05) is 5.56 Å². The lowest BCUT2D eigenvalue weighted by molar-refractivity contribution is 0.320.